The van der Waals surface area contributed by atoms with Crippen LogP contribution in [0.2, 0.25) is 0 Å². The number of likely N-dealkylation sites (tertiary alicyclic amines) is 1. The minimum Gasteiger partial charge on any atom is -0.450 e. The highest BCUT2D eigenvalue weighted by molar-refractivity contribution is 5.93. The number of nitrogens with zero attached hydrogens (tertiary/aromatic N) is 2. The minimum atomic E-state index is -0.295. The van der Waals surface area contributed by atoms with E-state index in [-0.39, 0.29) is 23.7 Å². The number of piperidine rings is 1. The first kappa shape index (κ1) is 17.0. The fourth-order valence-corrected chi connectivity index (χ4v) is 2.80. The number of carbonyl (C=O) groups excluding carboxylic acids is 2. The Balaban J connectivity index is 1.54. The van der Waals surface area contributed by atoms with E-state index in [1.54, 1.807) is 17.9 Å². The van der Waals surface area contributed by atoms with Crippen LogP contribution in [0.3, 0.4) is 0 Å². The molecule has 3 rings (SSSR count). The molecular weight excluding hydrogens is 322 g/mol. The van der Waals surface area contributed by atoms with Crippen LogP contribution >= 0.6 is 0 Å². The quantitative estimate of drug-likeness (QED) is 0.922. The fourth-order valence-electron chi connectivity index (χ4n) is 2.80. The predicted molar refractivity (Wildman–Crippen MR) is 91.0 cm³/mol. The van der Waals surface area contributed by atoms with Gasteiger partial charge in [0.1, 0.15) is 0 Å². The van der Waals surface area contributed by atoms with Gasteiger partial charge in [-0.2, -0.15) is 0 Å². The highest BCUT2D eigenvalue weighted by Crippen LogP contribution is 2.20. The van der Waals surface area contributed by atoms with Gasteiger partial charge < -0.3 is 19.5 Å². The molecule has 132 valence electrons. The molecule has 0 aliphatic carbocycles. The van der Waals surface area contributed by atoms with Crippen LogP contribution in [0, 0.1) is 0 Å². The van der Waals surface area contributed by atoms with Gasteiger partial charge in [0.2, 0.25) is 0 Å². The molecule has 0 unspecified atom stereocenters. The lowest BCUT2D eigenvalue weighted by molar-refractivity contribution is 0.0854. The molecule has 7 nitrogen and oxygen atoms in total. The smallest absolute Gasteiger partial charge is 0.409 e. The van der Waals surface area contributed by atoms with Crippen LogP contribution in [0.25, 0.3) is 11.3 Å². The Labute approximate surface area is 145 Å². The molecule has 1 aromatic heterocycles. The zero-order chi connectivity index (χ0) is 17.6. The predicted octanol–water partition coefficient (Wildman–Crippen LogP) is 2.69. The van der Waals surface area contributed by atoms with E-state index in [9.17, 15) is 9.59 Å². The van der Waals surface area contributed by atoms with Crippen molar-refractivity contribution >= 4 is 12.0 Å². The monoisotopic (exact) mass is 343 g/mol. The van der Waals surface area contributed by atoms with E-state index in [2.05, 4.69) is 10.5 Å². The van der Waals surface area contributed by atoms with Gasteiger partial charge in [0.05, 0.1) is 6.61 Å². The van der Waals surface area contributed by atoms with Crippen LogP contribution in [0.1, 0.15) is 30.3 Å². The largest absolute Gasteiger partial charge is 0.450 e. The number of hydrogen-bond donors (Lipinski definition) is 1. The lowest BCUT2D eigenvalue weighted by Crippen LogP contribution is -2.46. The molecule has 0 bridgehead atoms. The summed E-state index contributed by atoms with van der Waals surface area (Å²) < 4.78 is 10.2. The van der Waals surface area contributed by atoms with E-state index in [1.165, 1.54) is 0 Å². The maximum absolute atomic E-state index is 12.3. The molecule has 1 aliphatic heterocycles. The van der Waals surface area contributed by atoms with Crippen molar-refractivity contribution in [3.8, 4) is 11.3 Å². The van der Waals surface area contributed by atoms with Crippen molar-refractivity contribution in [3.05, 3.63) is 42.1 Å². The average molecular weight is 343 g/mol. The number of aromatic nitrogens is 1. The van der Waals surface area contributed by atoms with Crippen LogP contribution < -0.4 is 5.32 Å². The van der Waals surface area contributed by atoms with Crippen LogP contribution in [-0.4, -0.2) is 47.8 Å². The van der Waals surface area contributed by atoms with Gasteiger partial charge in [-0.25, -0.2) is 4.79 Å². The van der Waals surface area contributed by atoms with Gasteiger partial charge in [-0.1, -0.05) is 35.5 Å². The van der Waals surface area contributed by atoms with Crippen molar-refractivity contribution in [2.45, 2.75) is 25.8 Å². The van der Waals surface area contributed by atoms with Crippen molar-refractivity contribution in [1.82, 2.24) is 15.4 Å². The highest BCUT2D eigenvalue weighted by atomic mass is 16.6. The Bertz CT molecular complexity index is 721. The minimum absolute atomic E-state index is 0.00931. The first-order valence-electron chi connectivity index (χ1n) is 8.42. The number of hydrogen-bond acceptors (Lipinski definition) is 5. The molecule has 0 spiro atoms. The van der Waals surface area contributed by atoms with Gasteiger partial charge in [0, 0.05) is 30.8 Å². The molecule has 2 amide bonds. The molecule has 2 aromatic rings. The Kier molecular flexibility index (Phi) is 5.33. The van der Waals surface area contributed by atoms with E-state index < -0.39 is 0 Å². The standard InChI is InChI=1S/C18H21N3O4/c1-2-24-18(23)21-10-8-14(9-11-21)19-17(22)15-12-16(25-20-15)13-6-4-3-5-7-13/h3-7,12,14H,2,8-11H2,1H3,(H,19,22). The average Bonchev–Trinajstić information content (AvgIpc) is 3.13. The summed E-state index contributed by atoms with van der Waals surface area (Å²) in [5.41, 5.74) is 1.13. The van der Waals surface area contributed by atoms with Crippen molar-refractivity contribution in [3.63, 3.8) is 0 Å². The molecule has 0 radical (unpaired) electrons. The van der Waals surface area contributed by atoms with E-state index in [4.69, 9.17) is 9.26 Å². The molecular formula is C18H21N3O4. The normalized spacial score (nSPS) is 15.0. The summed E-state index contributed by atoms with van der Waals surface area (Å²) >= 11 is 0. The van der Waals surface area contributed by atoms with Gasteiger partial charge in [-0.05, 0) is 19.8 Å². The molecule has 1 saturated heterocycles. The molecule has 2 heterocycles. The van der Waals surface area contributed by atoms with Crippen LogP contribution in [0.4, 0.5) is 4.79 Å². The third-order valence-corrected chi connectivity index (χ3v) is 4.16. The molecule has 1 N–H and O–H groups in total. The maximum atomic E-state index is 12.3. The molecule has 1 aliphatic rings. The maximum Gasteiger partial charge on any atom is 0.409 e. The molecule has 0 saturated carbocycles. The van der Waals surface area contributed by atoms with Crippen molar-refractivity contribution in [1.29, 1.82) is 0 Å². The summed E-state index contributed by atoms with van der Waals surface area (Å²) in [5, 5.41) is 6.81. The summed E-state index contributed by atoms with van der Waals surface area (Å²) in [6.45, 7) is 3.29. The first-order chi connectivity index (χ1) is 12.2. The third kappa shape index (κ3) is 4.17. The second-order valence-corrected chi connectivity index (χ2v) is 5.88. The van der Waals surface area contributed by atoms with Gasteiger partial charge in [0.25, 0.3) is 5.91 Å². The topological polar surface area (TPSA) is 84.7 Å². The fraction of sp³-hybridized carbons (Fsp3) is 0.389. The zero-order valence-corrected chi connectivity index (χ0v) is 14.1. The number of ether oxygens (including phenoxy) is 1. The Morgan fingerprint density at radius 2 is 2.00 bits per heavy atom. The third-order valence-electron chi connectivity index (χ3n) is 4.16. The van der Waals surface area contributed by atoms with E-state index in [1.807, 2.05) is 30.3 Å². The molecule has 0 atom stereocenters. The summed E-state index contributed by atoms with van der Waals surface area (Å²) in [6.07, 6.45) is 1.08. The lowest BCUT2D eigenvalue weighted by atomic mass is 10.1. The van der Waals surface area contributed by atoms with E-state index in [0.717, 1.165) is 5.56 Å². The number of rotatable bonds is 4. The summed E-state index contributed by atoms with van der Waals surface area (Å²) in [4.78, 5) is 25.7. The summed E-state index contributed by atoms with van der Waals surface area (Å²) in [6, 6.07) is 11.1. The number of nitrogens with one attached hydrogen (secondary N) is 1. The second-order valence-electron chi connectivity index (χ2n) is 5.88. The van der Waals surface area contributed by atoms with Crippen LogP contribution in [0.15, 0.2) is 40.9 Å². The molecule has 1 fully saturated rings. The van der Waals surface area contributed by atoms with Gasteiger partial charge in [-0.3, -0.25) is 4.79 Å². The lowest BCUT2D eigenvalue weighted by Gasteiger charge is -2.31. The number of carbonyl (C=O) groups is 2. The second kappa shape index (κ2) is 7.83. The van der Waals surface area contributed by atoms with Crippen molar-refractivity contribution in [2.24, 2.45) is 0 Å². The summed E-state index contributed by atoms with van der Waals surface area (Å²) in [7, 11) is 0. The van der Waals surface area contributed by atoms with Crippen LogP contribution in [0.5, 0.6) is 0 Å². The number of amides is 2. The molecule has 1 aromatic carbocycles. The van der Waals surface area contributed by atoms with Crippen molar-refractivity contribution in [2.75, 3.05) is 19.7 Å². The highest BCUT2D eigenvalue weighted by Gasteiger charge is 2.25. The van der Waals surface area contributed by atoms with E-state index in [0.29, 0.717) is 38.3 Å². The van der Waals surface area contributed by atoms with Crippen molar-refractivity contribution < 1.29 is 18.8 Å². The molecule has 7 heteroatoms. The Morgan fingerprint density at radius 1 is 1.28 bits per heavy atom. The number of benzene rings is 1. The Morgan fingerprint density at radius 3 is 2.68 bits per heavy atom. The summed E-state index contributed by atoms with van der Waals surface area (Å²) in [5.74, 6) is 0.295. The van der Waals surface area contributed by atoms with E-state index >= 15 is 0 Å². The zero-order valence-electron chi connectivity index (χ0n) is 14.1. The van der Waals surface area contributed by atoms with Crippen LogP contribution in [-0.2, 0) is 4.74 Å². The SMILES string of the molecule is CCOC(=O)N1CCC(NC(=O)c2cc(-c3ccccc3)on2)CC1. The van der Waals surface area contributed by atoms with Gasteiger partial charge in [-0.15, -0.1) is 0 Å². The Hall–Kier alpha value is -2.83. The van der Waals surface area contributed by atoms with Gasteiger partial charge >= 0.3 is 6.09 Å². The first-order valence-corrected chi connectivity index (χ1v) is 8.42. The van der Waals surface area contributed by atoms with Gasteiger partial charge in [0.15, 0.2) is 11.5 Å². The molecule has 25 heavy (non-hydrogen) atoms.